The molecule has 1 nitrogen and oxygen atoms in total. The van der Waals surface area contributed by atoms with Gasteiger partial charge in [0.25, 0.3) is 0 Å². The first-order chi connectivity index (χ1) is 6.57. The predicted octanol–water partition coefficient (Wildman–Crippen LogP) is 3.73. The Morgan fingerprint density at radius 3 is 1.93 bits per heavy atom. The van der Waals surface area contributed by atoms with Crippen LogP contribution in [0.2, 0.25) is 0 Å². The summed E-state index contributed by atoms with van der Waals surface area (Å²) in [5.74, 6) is 0.472. The predicted molar refractivity (Wildman–Crippen MR) is 63.5 cm³/mol. The quantitative estimate of drug-likeness (QED) is 0.701. The molecule has 1 rings (SSSR count). The van der Waals surface area contributed by atoms with Gasteiger partial charge in [-0.3, -0.25) is 4.79 Å². The zero-order valence-corrected chi connectivity index (χ0v) is 9.58. The maximum Gasteiger partial charge on any atom is 0.132 e. The second-order valence-electron chi connectivity index (χ2n) is 3.60. The van der Waals surface area contributed by atoms with Crippen molar-refractivity contribution in [3.63, 3.8) is 0 Å². The number of Topliss-reactive ketones (excluding diaryl/α,β-unsaturated/α-hetero) is 1. The molecule has 0 aromatic heterocycles. The van der Waals surface area contributed by atoms with Gasteiger partial charge in [0.15, 0.2) is 0 Å². The fraction of sp³-hybridized carbons (Fsp3) is 0.462. The van der Waals surface area contributed by atoms with Crippen LogP contribution in [-0.2, 0) is 11.2 Å². The van der Waals surface area contributed by atoms with E-state index in [1.807, 2.05) is 19.9 Å². The molecule has 0 atom stereocenters. The number of carbonyl (C=O) groups is 1. The van der Waals surface area contributed by atoms with Gasteiger partial charge in [-0.25, -0.2) is 0 Å². The number of ketones is 1. The van der Waals surface area contributed by atoms with E-state index in [-0.39, 0.29) is 13.1 Å². The fourth-order valence-electron chi connectivity index (χ4n) is 0.714. The summed E-state index contributed by atoms with van der Waals surface area (Å²) in [6.45, 7) is 7.55. The van der Waals surface area contributed by atoms with E-state index < -0.39 is 0 Å². The van der Waals surface area contributed by atoms with Gasteiger partial charge in [-0.2, -0.15) is 0 Å². The van der Waals surface area contributed by atoms with Crippen LogP contribution in [-0.4, -0.2) is 5.78 Å². The molecule has 1 heteroatoms. The molecule has 1 aromatic carbocycles. The number of benzene rings is 1. The van der Waals surface area contributed by atoms with Crippen molar-refractivity contribution in [1.82, 2.24) is 0 Å². The fourth-order valence-corrected chi connectivity index (χ4v) is 0.714. The van der Waals surface area contributed by atoms with Crippen molar-refractivity contribution in [2.75, 3.05) is 0 Å². The smallest absolute Gasteiger partial charge is 0.132 e. The van der Waals surface area contributed by atoms with Gasteiger partial charge in [-0.1, -0.05) is 51.1 Å². The lowest BCUT2D eigenvalue weighted by Gasteiger charge is -1.90. The Kier molecular flexibility index (Phi) is 6.73. The molecule has 0 amide bonds. The van der Waals surface area contributed by atoms with Crippen molar-refractivity contribution >= 4 is 5.78 Å². The van der Waals surface area contributed by atoms with Gasteiger partial charge in [0.2, 0.25) is 0 Å². The van der Waals surface area contributed by atoms with E-state index in [1.165, 1.54) is 5.56 Å². The summed E-state index contributed by atoms with van der Waals surface area (Å²) >= 11 is 0. The highest BCUT2D eigenvalue weighted by Gasteiger charge is 1.95. The van der Waals surface area contributed by atoms with E-state index in [9.17, 15) is 4.79 Å². The van der Waals surface area contributed by atoms with Crippen LogP contribution < -0.4 is 0 Å². The summed E-state index contributed by atoms with van der Waals surface area (Å²) in [7, 11) is 0. The van der Waals surface area contributed by atoms with Crippen molar-refractivity contribution in [2.45, 2.75) is 34.1 Å². The Morgan fingerprint density at radius 1 is 1.29 bits per heavy atom. The summed E-state index contributed by atoms with van der Waals surface area (Å²) in [5.41, 5.74) is 1.41. The Labute approximate surface area is 88.6 Å². The molecule has 0 bridgehead atoms. The number of carbonyl (C=O) groups excluding carboxylic acids is 1. The maximum atomic E-state index is 10.1. The highest BCUT2D eigenvalue weighted by molar-refractivity contribution is 5.77. The van der Waals surface area contributed by atoms with Crippen molar-refractivity contribution in [3.8, 4) is 0 Å². The van der Waals surface area contributed by atoms with E-state index in [4.69, 9.17) is 0 Å². The summed E-state index contributed by atoms with van der Waals surface area (Å²) in [4.78, 5) is 10.1. The van der Waals surface area contributed by atoms with Crippen molar-refractivity contribution in [3.05, 3.63) is 35.9 Å². The van der Waals surface area contributed by atoms with Gasteiger partial charge in [0, 0.05) is 7.34 Å². The standard InChI is InChI=1S/C8H10.C5H10O.H2/c1-2-8-6-4-3-5-7-8;1-4(2)5(3)6;/h3-7H,2H2,1H3;4H,1-3H3;1H. The zero-order valence-electron chi connectivity index (χ0n) is 9.58. The van der Waals surface area contributed by atoms with E-state index >= 15 is 0 Å². The van der Waals surface area contributed by atoms with Crippen LogP contribution >= 0.6 is 0 Å². The van der Waals surface area contributed by atoms with Crippen molar-refractivity contribution < 1.29 is 6.22 Å². The number of rotatable bonds is 2. The lowest BCUT2D eigenvalue weighted by Crippen LogP contribution is -1.98. The summed E-state index contributed by atoms with van der Waals surface area (Å²) in [5, 5.41) is 0. The topological polar surface area (TPSA) is 17.1 Å². The molecule has 0 heterocycles. The molecule has 80 valence electrons. The summed E-state index contributed by atoms with van der Waals surface area (Å²) < 4.78 is 0. The maximum absolute atomic E-state index is 10.1. The zero-order chi connectivity index (χ0) is 11.0. The van der Waals surface area contributed by atoms with Crippen LogP contribution in [0.15, 0.2) is 30.3 Å². The first kappa shape index (κ1) is 12.9. The van der Waals surface area contributed by atoms with Crippen LogP contribution in [0.25, 0.3) is 0 Å². The Balaban J connectivity index is 0. The lowest BCUT2D eigenvalue weighted by molar-refractivity contribution is -0.119. The third-order valence-corrected chi connectivity index (χ3v) is 2.06. The number of aryl methyl sites for hydroxylation is 1. The molecule has 0 saturated heterocycles. The van der Waals surface area contributed by atoms with Crippen LogP contribution in [0.1, 0.15) is 34.7 Å². The van der Waals surface area contributed by atoms with E-state index in [2.05, 4.69) is 31.2 Å². The van der Waals surface area contributed by atoms with Crippen LogP contribution in [0.4, 0.5) is 0 Å². The molecule has 1 aromatic rings. The molecule has 0 fully saturated rings. The van der Waals surface area contributed by atoms with Gasteiger partial charge >= 0.3 is 0 Å². The Bertz CT molecular complexity index is 254. The normalized spacial score (nSPS) is 9.21. The molecule has 0 unspecified atom stereocenters. The Morgan fingerprint density at radius 2 is 1.71 bits per heavy atom. The second kappa shape index (κ2) is 7.31. The van der Waals surface area contributed by atoms with Crippen LogP contribution in [0.5, 0.6) is 0 Å². The summed E-state index contributed by atoms with van der Waals surface area (Å²) in [6.07, 6.45) is 1.14. The molecule has 0 saturated carbocycles. The SMILES string of the molecule is CC(=O)C(C)C.CCc1ccccc1.[HH]. The molecular formula is C13H22O. The third-order valence-electron chi connectivity index (χ3n) is 2.06. The monoisotopic (exact) mass is 194 g/mol. The van der Waals surface area contributed by atoms with E-state index in [0.29, 0.717) is 0 Å². The second-order valence-corrected chi connectivity index (χ2v) is 3.60. The molecule has 0 radical (unpaired) electrons. The third kappa shape index (κ3) is 6.41. The Hall–Kier alpha value is -1.11. The molecule has 0 aliphatic heterocycles. The molecular weight excluding hydrogens is 172 g/mol. The highest BCUT2D eigenvalue weighted by Crippen LogP contribution is 1.96. The van der Waals surface area contributed by atoms with Gasteiger partial charge in [-0.15, -0.1) is 0 Å². The average Bonchev–Trinajstić information content (AvgIpc) is 2.20. The highest BCUT2D eigenvalue weighted by atomic mass is 16.1. The number of hydrogen-bond donors (Lipinski definition) is 0. The van der Waals surface area contributed by atoms with E-state index in [0.717, 1.165) is 6.42 Å². The largest absolute Gasteiger partial charge is 0.300 e. The van der Waals surface area contributed by atoms with Crippen LogP contribution in [0.3, 0.4) is 0 Å². The van der Waals surface area contributed by atoms with Crippen molar-refractivity contribution in [1.29, 1.82) is 0 Å². The number of hydrogen-bond acceptors (Lipinski definition) is 1. The van der Waals surface area contributed by atoms with Gasteiger partial charge < -0.3 is 0 Å². The van der Waals surface area contributed by atoms with Crippen molar-refractivity contribution in [2.24, 2.45) is 5.92 Å². The molecule has 0 spiro atoms. The van der Waals surface area contributed by atoms with Crippen LogP contribution in [0, 0.1) is 5.92 Å². The molecule has 0 N–H and O–H groups in total. The molecule has 0 aliphatic carbocycles. The van der Waals surface area contributed by atoms with Gasteiger partial charge in [-0.05, 0) is 18.9 Å². The minimum atomic E-state index is 0. The van der Waals surface area contributed by atoms with Gasteiger partial charge in [0.05, 0.1) is 0 Å². The first-order valence-corrected chi connectivity index (χ1v) is 5.12. The average molecular weight is 194 g/mol. The van der Waals surface area contributed by atoms with Gasteiger partial charge in [0.1, 0.15) is 5.78 Å². The minimum absolute atomic E-state index is 0. The minimum Gasteiger partial charge on any atom is -0.300 e. The lowest BCUT2D eigenvalue weighted by atomic mass is 10.1. The molecule has 0 aliphatic rings. The molecule has 14 heavy (non-hydrogen) atoms. The first-order valence-electron chi connectivity index (χ1n) is 5.12. The van der Waals surface area contributed by atoms with E-state index in [1.54, 1.807) is 6.92 Å². The summed E-state index contributed by atoms with van der Waals surface area (Å²) in [6, 6.07) is 10.5.